The van der Waals surface area contributed by atoms with E-state index in [4.69, 9.17) is 5.73 Å². The van der Waals surface area contributed by atoms with Gasteiger partial charge in [-0.15, -0.1) is 23.7 Å². The van der Waals surface area contributed by atoms with Crippen molar-refractivity contribution >= 4 is 40.4 Å². The number of carbonyl (C=O) groups is 1. The van der Waals surface area contributed by atoms with Gasteiger partial charge in [0.05, 0.1) is 10.9 Å². The SMILES string of the molecule is CCc1ccc(C(=O)NC(CN)c2ccc3ccccc3c2)s1.Cl. The van der Waals surface area contributed by atoms with Gasteiger partial charge < -0.3 is 11.1 Å². The number of halogens is 1. The van der Waals surface area contributed by atoms with Crippen molar-refractivity contribution in [3.8, 4) is 0 Å². The molecule has 0 aliphatic rings. The number of hydrogen-bond acceptors (Lipinski definition) is 3. The fourth-order valence-corrected chi connectivity index (χ4v) is 3.47. The monoisotopic (exact) mass is 360 g/mol. The molecule has 1 heterocycles. The number of amides is 1. The second-order valence-corrected chi connectivity index (χ2v) is 6.66. The van der Waals surface area contributed by atoms with Gasteiger partial charge in [0, 0.05) is 11.4 Å². The second-order valence-electron chi connectivity index (χ2n) is 5.49. The maximum atomic E-state index is 12.4. The predicted octanol–water partition coefficient (Wildman–Crippen LogP) is 4.32. The molecule has 3 N–H and O–H groups in total. The van der Waals surface area contributed by atoms with Gasteiger partial charge in [0.1, 0.15) is 0 Å². The standard InChI is InChI=1S/C19H20N2OS.ClH/c1-2-16-9-10-18(23-16)19(22)21-17(12-20)15-8-7-13-5-3-4-6-14(13)11-15;/h3-11,17H,2,12,20H2,1H3,(H,21,22);1H. The maximum Gasteiger partial charge on any atom is 0.261 e. The third kappa shape index (κ3) is 3.96. The zero-order chi connectivity index (χ0) is 16.2. The van der Waals surface area contributed by atoms with Crippen molar-refractivity contribution in [3.63, 3.8) is 0 Å². The van der Waals surface area contributed by atoms with Gasteiger partial charge in [-0.2, -0.15) is 0 Å². The van der Waals surface area contributed by atoms with E-state index < -0.39 is 0 Å². The zero-order valence-electron chi connectivity index (χ0n) is 13.5. The van der Waals surface area contributed by atoms with Gasteiger partial charge in [0.25, 0.3) is 5.91 Å². The fourth-order valence-electron chi connectivity index (χ4n) is 2.62. The van der Waals surface area contributed by atoms with Crippen LogP contribution < -0.4 is 11.1 Å². The molecule has 0 radical (unpaired) electrons. The lowest BCUT2D eigenvalue weighted by Gasteiger charge is -2.17. The van der Waals surface area contributed by atoms with Crippen LogP contribution in [-0.4, -0.2) is 12.5 Å². The summed E-state index contributed by atoms with van der Waals surface area (Å²) < 4.78 is 0. The smallest absolute Gasteiger partial charge is 0.261 e. The molecule has 5 heteroatoms. The average Bonchev–Trinajstić information content (AvgIpc) is 3.08. The van der Waals surface area contributed by atoms with E-state index >= 15 is 0 Å². The molecule has 1 amide bonds. The highest BCUT2D eigenvalue weighted by atomic mass is 35.5. The Labute approximate surface area is 152 Å². The predicted molar refractivity (Wildman–Crippen MR) is 104 cm³/mol. The summed E-state index contributed by atoms with van der Waals surface area (Å²) in [4.78, 5) is 14.4. The van der Waals surface area contributed by atoms with Crippen LogP contribution in [0.1, 0.15) is 33.1 Å². The molecule has 1 unspecified atom stereocenters. The van der Waals surface area contributed by atoms with E-state index in [1.54, 1.807) is 0 Å². The van der Waals surface area contributed by atoms with Gasteiger partial charge in [-0.3, -0.25) is 4.79 Å². The number of thiophene rings is 1. The molecule has 0 saturated carbocycles. The summed E-state index contributed by atoms with van der Waals surface area (Å²) >= 11 is 1.54. The van der Waals surface area contributed by atoms with Gasteiger partial charge in [0.2, 0.25) is 0 Å². The van der Waals surface area contributed by atoms with E-state index in [1.807, 2.05) is 30.3 Å². The van der Waals surface area contributed by atoms with Crippen molar-refractivity contribution in [1.82, 2.24) is 5.32 Å². The van der Waals surface area contributed by atoms with Crippen LogP contribution in [0.5, 0.6) is 0 Å². The Morgan fingerprint density at radius 2 is 1.88 bits per heavy atom. The minimum Gasteiger partial charge on any atom is -0.343 e. The third-order valence-electron chi connectivity index (χ3n) is 3.95. The first-order chi connectivity index (χ1) is 11.2. The molecular formula is C19H21ClN2OS. The lowest BCUT2D eigenvalue weighted by molar-refractivity contribution is 0.0942. The first-order valence-corrected chi connectivity index (χ1v) is 8.61. The van der Waals surface area contributed by atoms with E-state index in [9.17, 15) is 4.79 Å². The highest BCUT2D eigenvalue weighted by molar-refractivity contribution is 7.14. The Kier molecular flexibility index (Phi) is 6.37. The molecule has 3 nitrogen and oxygen atoms in total. The van der Waals surface area contributed by atoms with Crippen molar-refractivity contribution in [2.75, 3.05) is 6.54 Å². The molecule has 0 aliphatic carbocycles. The van der Waals surface area contributed by atoms with Crippen LogP contribution in [0.3, 0.4) is 0 Å². The summed E-state index contributed by atoms with van der Waals surface area (Å²) in [7, 11) is 0. The van der Waals surface area contributed by atoms with E-state index in [-0.39, 0.29) is 24.4 Å². The number of rotatable bonds is 5. The zero-order valence-corrected chi connectivity index (χ0v) is 15.1. The molecule has 24 heavy (non-hydrogen) atoms. The van der Waals surface area contributed by atoms with Crippen LogP contribution in [0.2, 0.25) is 0 Å². The van der Waals surface area contributed by atoms with Gasteiger partial charge in [0.15, 0.2) is 0 Å². The van der Waals surface area contributed by atoms with Crippen LogP contribution in [0, 0.1) is 0 Å². The lowest BCUT2D eigenvalue weighted by Crippen LogP contribution is -2.32. The Hall–Kier alpha value is -1.88. The van der Waals surface area contributed by atoms with E-state index in [0.717, 1.165) is 22.2 Å². The minimum atomic E-state index is -0.181. The van der Waals surface area contributed by atoms with Crippen LogP contribution in [0.25, 0.3) is 10.8 Å². The lowest BCUT2D eigenvalue weighted by atomic mass is 10.0. The Morgan fingerprint density at radius 1 is 1.12 bits per heavy atom. The summed E-state index contributed by atoms with van der Waals surface area (Å²) in [5, 5.41) is 5.39. The molecule has 0 bridgehead atoms. The quantitative estimate of drug-likeness (QED) is 0.712. The normalized spacial score (nSPS) is 11.8. The molecule has 3 rings (SSSR count). The van der Waals surface area contributed by atoms with Crippen LogP contribution in [-0.2, 0) is 6.42 Å². The van der Waals surface area contributed by atoms with Crippen molar-refractivity contribution in [2.24, 2.45) is 5.73 Å². The summed E-state index contributed by atoms with van der Waals surface area (Å²) in [5.74, 6) is -0.0571. The van der Waals surface area contributed by atoms with Gasteiger partial charge >= 0.3 is 0 Å². The van der Waals surface area contributed by atoms with E-state index in [0.29, 0.717) is 6.54 Å². The number of nitrogens with one attached hydrogen (secondary N) is 1. The van der Waals surface area contributed by atoms with Gasteiger partial charge in [-0.25, -0.2) is 0 Å². The number of benzene rings is 2. The molecule has 1 atom stereocenters. The molecule has 0 aliphatic heterocycles. The minimum absolute atomic E-state index is 0. The van der Waals surface area contributed by atoms with Gasteiger partial charge in [-0.05, 0) is 41.0 Å². The van der Waals surface area contributed by atoms with Crippen LogP contribution >= 0.6 is 23.7 Å². The fraction of sp³-hybridized carbons (Fsp3) is 0.211. The van der Waals surface area contributed by atoms with Gasteiger partial charge in [-0.1, -0.05) is 43.3 Å². The largest absolute Gasteiger partial charge is 0.343 e. The second kappa shape index (κ2) is 8.29. The van der Waals surface area contributed by atoms with E-state index in [2.05, 4.69) is 36.5 Å². The number of fused-ring (bicyclic) bond motifs is 1. The Morgan fingerprint density at radius 3 is 2.54 bits per heavy atom. The summed E-state index contributed by atoms with van der Waals surface area (Å²) in [6.07, 6.45) is 0.947. The van der Waals surface area contributed by atoms with Crippen molar-refractivity contribution in [3.05, 3.63) is 69.9 Å². The third-order valence-corrected chi connectivity index (χ3v) is 5.18. The summed E-state index contributed by atoms with van der Waals surface area (Å²) in [6.45, 7) is 2.46. The molecule has 0 fully saturated rings. The molecule has 126 valence electrons. The first kappa shape index (κ1) is 18.5. The summed E-state index contributed by atoms with van der Waals surface area (Å²) in [6, 6.07) is 18.1. The van der Waals surface area contributed by atoms with Crippen LogP contribution in [0.4, 0.5) is 0 Å². The summed E-state index contributed by atoms with van der Waals surface area (Å²) in [5.41, 5.74) is 6.93. The molecule has 0 spiro atoms. The van der Waals surface area contributed by atoms with Crippen LogP contribution in [0.15, 0.2) is 54.6 Å². The highest BCUT2D eigenvalue weighted by Crippen LogP contribution is 2.22. The van der Waals surface area contributed by atoms with Crippen molar-refractivity contribution in [1.29, 1.82) is 0 Å². The first-order valence-electron chi connectivity index (χ1n) is 7.79. The maximum absolute atomic E-state index is 12.4. The molecule has 2 aromatic carbocycles. The molecule has 3 aromatic rings. The number of carbonyl (C=O) groups excluding carboxylic acids is 1. The number of hydrogen-bond donors (Lipinski definition) is 2. The molecule has 1 aromatic heterocycles. The van der Waals surface area contributed by atoms with E-state index in [1.165, 1.54) is 21.6 Å². The van der Waals surface area contributed by atoms with Crippen molar-refractivity contribution in [2.45, 2.75) is 19.4 Å². The number of nitrogens with two attached hydrogens (primary N) is 1. The molecular weight excluding hydrogens is 340 g/mol. The Bertz CT molecular complexity index is 831. The average molecular weight is 361 g/mol. The van der Waals surface area contributed by atoms with Crippen molar-refractivity contribution < 1.29 is 4.79 Å². The highest BCUT2D eigenvalue weighted by Gasteiger charge is 2.16. The number of aryl methyl sites for hydroxylation is 1. The molecule has 0 saturated heterocycles. The topological polar surface area (TPSA) is 55.1 Å². The Balaban J connectivity index is 0.00000208.